The molecule has 1 amide bonds. The fraction of sp³-hybridized carbons (Fsp3) is 0.412. The molecule has 0 radical (unpaired) electrons. The number of nitrogens with zero attached hydrogens (tertiary/aromatic N) is 2. The van der Waals surface area contributed by atoms with Crippen molar-refractivity contribution in [2.75, 3.05) is 13.2 Å². The normalized spacial score (nSPS) is 17.7. The van der Waals surface area contributed by atoms with E-state index in [2.05, 4.69) is 22.3 Å². The van der Waals surface area contributed by atoms with Crippen molar-refractivity contribution in [3.05, 3.63) is 47.3 Å². The second-order valence-electron chi connectivity index (χ2n) is 5.57. The Bertz CT molecular complexity index is 648. The van der Waals surface area contributed by atoms with Crippen molar-refractivity contribution in [3.63, 3.8) is 0 Å². The van der Waals surface area contributed by atoms with Gasteiger partial charge in [0.25, 0.3) is 5.91 Å². The predicted octanol–water partition coefficient (Wildman–Crippen LogP) is 3.09. The van der Waals surface area contributed by atoms with E-state index >= 15 is 0 Å². The molecule has 0 saturated carbocycles. The number of nitrogens with one attached hydrogen (secondary N) is 1. The highest BCUT2D eigenvalue weighted by Gasteiger charge is 2.31. The Morgan fingerprint density at radius 2 is 2.18 bits per heavy atom. The molecular formula is C17H21N3O2. The number of hydrogen-bond acceptors (Lipinski definition) is 3. The first-order chi connectivity index (χ1) is 10.7. The quantitative estimate of drug-likeness (QED) is 0.943. The summed E-state index contributed by atoms with van der Waals surface area (Å²) < 4.78 is 5.48. The van der Waals surface area contributed by atoms with Crippen LogP contribution in [0.1, 0.15) is 47.4 Å². The van der Waals surface area contributed by atoms with E-state index in [-0.39, 0.29) is 11.9 Å². The number of H-pyrrole nitrogens is 1. The van der Waals surface area contributed by atoms with Crippen LogP contribution in [0.15, 0.2) is 30.5 Å². The summed E-state index contributed by atoms with van der Waals surface area (Å²) in [7, 11) is 0. The molecule has 5 nitrogen and oxygen atoms in total. The van der Waals surface area contributed by atoms with E-state index in [0.29, 0.717) is 12.2 Å². The molecule has 0 bridgehead atoms. The van der Waals surface area contributed by atoms with Crippen molar-refractivity contribution in [1.29, 1.82) is 0 Å². The second-order valence-corrected chi connectivity index (χ2v) is 5.57. The number of aromatic amines is 1. The summed E-state index contributed by atoms with van der Waals surface area (Å²) in [4.78, 5) is 14.7. The van der Waals surface area contributed by atoms with Crippen LogP contribution in [0.5, 0.6) is 5.75 Å². The van der Waals surface area contributed by atoms with Gasteiger partial charge in [-0.15, -0.1) is 0 Å². The summed E-state index contributed by atoms with van der Waals surface area (Å²) in [6, 6.07) is 8.20. The van der Waals surface area contributed by atoms with E-state index in [1.54, 1.807) is 6.20 Å². The number of hydrogen-bond donors (Lipinski definition) is 1. The molecule has 1 aromatic carbocycles. The molecule has 116 valence electrons. The first-order valence-electron chi connectivity index (χ1n) is 7.74. The molecule has 2 aromatic rings. The highest BCUT2D eigenvalue weighted by Crippen LogP contribution is 2.34. The monoisotopic (exact) mass is 299 g/mol. The third-order valence-corrected chi connectivity index (χ3v) is 4.15. The Kier molecular flexibility index (Phi) is 4.13. The number of amides is 1. The molecule has 1 aliphatic rings. The number of aromatic nitrogens is 2. The number of likely N-dealkylation sites (tertiary alicyclic amines) is 1. The Balaban J connectivity index is 1.81. The largest absolute Gasteiger partial charge is 0.494 e. The zero-order valence-corrected chi connectivity index (χ0v) is 13.0. The van der Waals surface area contributed by atoms with Crippen LogP contribution in [-0.4, -0.2) is 34.2 Å². The molecule has 1 unspecified atom stereocenters. The number of aryl methyl sites for hydroxylation is 1. The lowest BCUT2D eigenvalue weighted by Gasteiger charge is -2.25. The van der Waals surface area contributed by atoms with Gasteiger partial charge in [0.15, 0.2) is 0 Å². The van der Waals surface area contributed by atoms with Crippen LogP contribution in [0.2, 0.25) is 0 Å². The van der Waals surface area contributed by atoms with Crippen molar-refractivity contribution >= 4 is 5.91 Å². The maximum absolute atomic E-state index is 12.7. The van der Waals surface area contributed by atoms with Crippen LogP contribution in [0.25, 0.3) is 0 Å². The summed E-state index contributed by atoms with van der Waals surface area (Å²) in [5.41, 5.74) is 2.65. The maximum atomic E-state index is 12.7. The van der Waals surface area contributed by atoms with Crippen molar-refractivity contribution in [3.8, 4) is 5.75 Å². The highest BCUT2D eigenvalue weighted by molar-refractivity contribution is 5.95. The molecule has 1 aromatic heterocycles. The molecule has 3 rings (SSSR count). The van der Waals surface area contributed by atoms with Gasteiger partial charge in [-0.1, -0.05) is 12.1 Å². The van der Waals surface area contributed by atoms with Gasteiger partial charge in [-0.25, -0.2) is 0 Å². The molecule has 2 heterocycles. The van der Waals surface area contributed by atoms with Gasteiger partial charge in [-0.05, 0) is 44.4 Å². The number of benzene rings is 1. The number of carbonyl (C=O) groups is 1. The fourth-order valence-corrected chi connectivity index (χ4v) is 3.03. The van der Waals surface area contributed by atoms with E-state index in [4.69, 9.17) is 4.74 Å². The van der Waals surface area contributed by atoms with Crippen molar-refractivity contribution < 1.29 is 9.53 Å². The second kappa shape index (κ2) is 6.22. The fourth-order valence-electron chi connectivity index (χ4n) is 3.03. The van der Waals surface area contributed by atoms with Crippen molar-refractivity contribution in [2.24, 2.45) is 0 Å². The van der Waals surface area contributed by atoms with E-state index in [1.165, 1.54) is 0 Å². The summed E-state index contributed by atoms with van der Waals surface area (Å²) in [6.07, 6.45) is 3.64. The highest BCUT2D eigenvalue weighted by atomic mass is 16.5. The first kappa shape index (κ1) is 14.6. The van der Waals surface area contributed by atoms with Gasteiger partial charge in [0, 0.05) is 12.2 Å². The molecule has 1 saturated heterocycles. The third kappa shape index (κ3) is 2.71. The Morgan fingerprint density at radius 3 is 2.82 bits per heavy atom. The average molecular weight is 299 g/mol. The van der Waals surface area contributed by atoms with Crippen molar-refractivity contribution in [2.45, 2.75) is 32.7 Å². The summed E-state index contributed by atoms with van der Waals surface area (Å²) in [6.45, 7) is 5.30. The lowest BCUT2D eigenvalue weighted by atomic mass is 10.0. The Morgan fingerprint density at radius 1 is 1.41 bits per heavy atom. The van der Waals surface area contributed by atoms with Gasteiger partial charge in [0.2, 0.25) is 0 Å². The molecule has 1 atom stereocenters. The average Bonchev–Trinajstić information content (AvgIpc) is 3.16. The van der Waals surface area contributed by atoms with E-state index in [9.17, 15) is 4.79 Å². The Labute approximate surface area is 130 Å². The van der Waals surface area contributed by atoms with Gasteiger partial charge < -0.3 is 9.64 Å². The van der Waals surface area contributed by atoms with Crippen LogP contribution in [-0.2, 0) is 0 Å². The number of rotatable bonds is 4. The van der Waals surface area contributed by atoms with E-state index < -0.39 is 0 Å². The van der Waals surface area contributed by atoms with Crippen LogP contribution in [0, 0.1) is 6.92 Å². The maximum Gasteiger partial charge on any atom is 0.257 e. The topological polar surface area (TPSA) is 58.2 Å². The minimum absolute atomic E-state index is 0.0580. The summed E-state index contributed by atoms with van der Waals surface area (Å²) in [5, 5.41) is 6.79. The van der Waals surface area contributed by atoms with Crippen LogP contribution >= 0.6 is 0 Å². The zero-order valence-electron chi connectivity index (χ0n) is 13.0. The van der Waals surface area contributed by atoms with Gasteiger partial charge in [-0.3, -0.25) is 9.89 Å². The minimum atomic E-state index is 0.0580. The number of ether oxygens (including phenoxy) is 1. The van der Waals surface area contributed by atoms with Crippen LogP contribution in [0.3, 0.4) is 0 Å². The first-order valence-corrected chi connectivity index (χ1v) is 7.74. The molecule has 0 spiro atoms. The lowest BCUT2D eigenvalue weighted by Crippen LogP contribution is -2.30. The van der Waals surface area contributed by atoms with Gasteiger partial charge in [0.1, 0.15) is 5.75 Å². The molecule has 1 N–H and O–H groups in total. The van der Waals surface area contributed by atoms with Crippen LogP contribution in [0.4, 0.5) is 0 Å². The third-order valence-electron chi connectivity index (χ3n) is 4.15. The summed E-state index contributed by atoms with van der Waals surface area (Å²) in [5.74, 6) is 0.926. The molecule has 1 aliphatic heterocycles. The van der Waals surface area contributed by atoms with E-state index in [0.717, 1.165) is 36.4 Å². The molecule has 5 heteroatoms. The SMILES string of the molecule is CCOc1ccc(C2CCCN2C(=O)c2cn[nH]c2C)cc1. The van der Waals surface area contributed by atoms with Gasteiger partial charge in [-0.2, -0.15) is 5.10 Å². The molecule has 0 aliphatic carbocycles. The summed E-state index contributed by atoms with van der Waals surface area (Å²) >= 11 is 0. The van der Waals surface area contributed by atoms with E-state index in [1.807, 2.05) is 30.9 Å². The Hall–Kier alpha value is -2.30. The van der Waals surface area contributed by atoms with Gasteiger partial charge in [0.05, 0.1) is 24.4 Å². The zero-order chi connectivity index (χ0) is 15.5. The van der Waals surface area contributed by atoms with Crippen molar-refractivity contribution in [1.82, 2.24) is 15.1 Å². The lowest BCUT2D eigenvalue weighted by molar-refractivity contribution is 0.0735. The smallest absolute Gasteiger partial charge is 0.257 e. The molecule has 1 fully saturated rings. The molecule has 22 heavy (non-hydrogen) atoms. The standard InChI is InChI=1S/C17H21N3O2/c1-3-22-14-8-6-13(7-9-14)16-5-4-10-20(16)17(21)15-11-18-19-12(15)2/h6-9,11,16H,3-5,10H2,1-2H3,(H,18,19). The predicted molar refractivity (Wildman–Crippen MR) is 83.9 cm³/mol. The van der Waals surface area contributed by atoms with Gasteiger partial charge >= 0.3 is 0 Å². The van der Waals surface area contributed by atoms with Crippen LogP contribution < -0.4 is 4.74 Å². The molecular weight excluding hydrogens is 278 g/mol. The number of carbonyl (C=O) groups excluding carboxylic acids is 1. The minimum Gasteiger partial charge on any atom is -0.494 e.